The Labute approximate surface area is 107 Å². The summed E-state index contributed by atoms with van der Waals surface area (Å²) < 4.78 is 2.16. The van der Waals surface area contributed by atoms with E-state index in [1.165, 1.54) is 22.5 Å². The van der Waals surface area contributed by atoms with Crippen molar-refractivity contribution in [1.29, 1.82) is 0 Å². The molecule has 2 aliphatic rings. The molecule has 1 aromatic heterocycles. The summed E-state index contributed by atoms with van der Waals surface area (Å²) in [6.07, 6.45) is 6.64. The minimum Gasteiger partial charge on any atom is -0.395 e. The van der Waals surface area contributed by atoms with Gasteiger partial charge < -0.3 is 9.29 Å². The van der Waals surface area contributed by atoms with Gasteiger partial charge in [-0.3, -0.25) is 0 Å². The van der Waals surface area contributed by atoms with Gasteiger partial charge in [-0.15, -0.1) is 0 Å². The Morgan fingerprint density at radius 2 is 1.89 bits per heavy atom. The fourth-order valence-electron chi connectivity index (χ4n) is 2.63. The Hall–Kier alpha value is -2.16. The molecule has 0 saturated heterocycles. The minimum absolute atomic E-state index is 0.952. The van der Waals surface area contributed by atoms with Crippen LogP contribution in [0, 0.1) is 0 Å². The predicted molar refractivity (Wildman–Crippen MR) is 74.7 cm³/mol. The molecule has 2 aliphatic heterocycles. The van der Waals surface area contributed by atoms with Gasteiger partial charge in [0, 0.05) is 23.5 Å². The number of nitrogens with zero attached hydrogens (tertiary/aromatic N) is 2. The van der Waals surface area contributed by atoms with Gasteiger partial charge in [-0.1, -0.05) is 36.4 Å². The van der Waals surface area contributed by atoms with Gasteiger partial charge in [-0.2, -0.15) is 0 Å². The number of allylic oxidation sites excluding steroid dienone is 1. The van der Waals surface area contributed by atoms with Gasteiger partial charge in [0.15, 0.2) is 0 Å². The van der Waals surface area contributed by atoms with E-state index in [4.69, 9.17) is 0 Å². The molecule has 0 spiro atoms. The number of fused-ring (bicyclic) bond motifs is 2. The molecule has 0 N–H and O–H groups in total. The second-order valence-corrected chi connectivity index (χ2v) is 4.62. The first kappa shape index (κ1) is 9.83. The smallest absolute Gasteiger partial charge is 0.395 e. The van der Waals surface area contributed by atoms with Crippen molar-refractivity contribution in [3.8, 4) is 0 Å². The van der Waals surface area contributed by atoms with E-state index < -0.39 is 0 Å². The van der Waals surface area contributed by atoms with E-state index >= 15 is 0 Å². The molecule has 0 saturated carbocycles. The van der Waals surface area contributed by atoms with Crippen LogP contribution in [0.1, 0.15) is 11.3 Å². The van der Waals surface area contributed by atoms with Crippen LogP contribution in [0.15, 0.2) is 60.4 Å². The van der Waals surface area contributed by atoms with Crippen molar-refractivity contribution < 1.29 is 0 Å². The summed E-state index contributed by atoms with van der Waals surface area (Å²) in [6.45, 7) is 0.952. The summed E-state index contributed by atoms with van der Waals surface area (Å²) in [5.74, 6) is 0. The molecule has 3 heterocycles. The standard InChI is InChI=1S/C15H12BN2/c1-2-5-12(6-3-1)14-8-10-18-15(14)11-13-7-4-9-17(13)16-18/h1-9,11H,10H2. The average molecular weight is 231 g/mol. The van der Waals surface area contributed by atoms with Crippen LogP contribution in [0.2, 0.25) is 0 Å². The first-order chi connectivity index (χ1) is 8.92. The maximum atomic E-state index is 2.30. The summed E-state index contributed by atoms with van der Waals surface area (Å²) in [5.41, 5.74) is 5.16. The first-order valence-corrected chi connectivity index (χ1v) is 6.18. The lowest BCUT2D eigenvalue weighted by Gasteiger charge is -2.26. The lowest BCUT2D eigenvalue weighted by atomic mass is 9.97. The van der Waals surface area contributed by atoms with E-state index in [-0.39, 0.29) is 0 Å². The topological polar surface area (TPSA) is 8.17 Å². The van der Waals surface area contributed by atoms with Crippen LogP contribution in [0.3, 0.4) is 0 Å². The van der Waals surface area contributed by atoms with Crippen LogP contribution >= 0.6 is 0 Å². The van der Waals surface area contributed by atoms with Gasteiger partial charge in [0.05, 0.1) is 0 Å². The fourth-order valence-corrected chi connectivity index (χ4v) is 2.63. The molecule has 0 fully saturated rings. The Morgan fingerprint density at radius 1 is 1.00 bits per heavy atom. The van der Waals surface area contributed by atoms with E-state index in [0.717, 1.165) is 6.54 Å². The molecule has 4 rings (SSSR count). The molecule has 2 aromatic rings. The number of hydrogen-bond acceptors (Lipinski definition) is 1. The van der Waals surface area contributed by atoms with Gasteiger partial charge in [0.25, 0.3) is 0 Å². The highest BCUT2D eigenvalue weighted by Crippen LogP contribution is 2.34. The Balaban J connectivity index is 1.81. The van der Waals surface area contributed by atoms with Crippen molar-refractivity contribution in [3.05, 3.63) is 71.7 Å². The van der Waals surface area contributed by atoms with Crippen LogP contribution in [0.4, 0.5) is 0 Å². The molecule has 18 heavy (non-hydrogen) atoms. The zero-order valence-electron chi connectivity index (χ0n) is 9.95. The van der Waals surface area contributed by atoms with E-state index in [0.29, 0.717) is 0 Å². The van der Waals surface area contributed by atoms with Crippen molar-refractivity contribution in [3.63, 3.8) is 0 Å². The Kier molecular flexibility index (Phi) is 2.00. The third-order valence-electron chi connectivity index (χ3n) is 3.52. The molecule has 0 bridgehead atoms. The van der Waals surface area contributed by atoms with Crippen molar-refractivity contribution in [2.24, 2.45) is 0 Å². The van der Waals surface area contributed by atoms with Gasteiger partial charge in [0.1, 0.15) is 0 Å². The molecule has 2 nitrogen and oxygen atoms in total. The first-order valence-electron chi connectivity index (χ1n) is 6.18. The average Bonchev–Trinajstić information content (AvgIpc) is 3.02. The fraction of sp³-hybridized carbons (Fsp3) is 0.0667. The van der Waals surface area contributed by atoms with Gasteiger partial charge in [-0.05, 0) is 30.0 Å². The predicted octanol–water partition coefficient (Wildman–Crippen LogP) is 2.62. The quantitative estimate of drug-likeness (QED) is 0.685. The molecular weight excluding hydrogens is 219 g/mol. The second-order valence-electron chi connectivity index (χ2n) is 4.62. The highest BCUT2D eigenvalue weighted by molar-refractivity contribution is 6.33. The molecule has 0 aliphatic carbocycles. The van der Waals surface area contributed by atoms with Crippen molar-refractivity contribution in [1.82, 2.24) is 9.29 Å². The number of hydrogen-bond donors (Lipinski definition) is 0. The van der Waals surface area contributed by atoms with Gasteiger partial charge >= 0.3 is 7.55 Å². The SMILES string of the molecule is [B]1N2CC=C(c3ccccc3)C2=Cc2cccn21. The molecule has 85 valence electrons. The minimum atomic E-state index is 0.952. The maximum absolute atomic E-state index is 2.30. The molecule has 3 heteroatoms. The monoisotopic (exact) mass is 231 g/mol. The van der Waals surface area contributed by atoms with Crippen LogP contribution < -0.4 is 0 Å². The lowest BCUT2D eigenvalue weighted by Crippen LogP contribution is -2.32. The van der Waals surface area contributed by atoms with Crippen molar-refractivity contribution in [2.45, 2.75) is 0 Å². The normalized spacial score (nSPS) is 16.6. The zero-order valence-corrected chi connectivity index (χ0v) is 9.95. The van der Waals surface area contributed by atoms with Crippen LogP contribution in [-0.4, -0.2) is 23.4 Å². The van der Waals surface area contributed by atoms with E-state index in [9.17, 15) is 0 Å². The molecule has 1 radical (unpaired) electrons. The largest absolute Gasteiger partial charge is 0.396 e. The lowest BCUT2D eigenvalue weighted by molar-refractivity contribution is 0.635. The van der Waals surface area contributed by atoms with E-state index in [2.05, 4.69) is 77.7 Å². The Bertz CT molecular complexity index is 652. The highest BCUT2D eigenvalue weighted by atomic mass is 15.2. The summed E-state index contributed by atoms with van der Waals surface area (Å²) in [7, 11) is 2.16. The van der Waals surface area contributed by atoms with Gasteiger partial charge in [-0.25, -0.2) is 0 Å². The maximum Gasteiger partial charge on any atom is 0.396 e. The second kappa shape index (κ2) is 3.67. The molecule has 0 unspecified atom stereocenters. The number of aromatic nitrogens is 1. The van der Waals surface area contributed by atoms with Crippen LogP contribution in [0.5, 0.6) is 0 Å². The summed E-state index contributed by atoms with van der Waals surface area (Å²) in [5, 5.41) is 0. The molecule has 0 atom stereocenters. The van der Waals surface area contributed by atoms with Crippen LogP contribution in [0.25, 0.3) is 11.6 Å². The summed E-state index contributed by atoms with van der Waals surface area (Å²) >= 11 is 0. The third kappa shape index (κ3) is 1.37. The summed E-state index contributed by atoms with van der Waals surface area (Å²) in [6, 6.07) is 14.8. The zero-order chi connectivity index (χ0) is 11.9. The number of benzene rings is 1. The van der Waals surface area contributed by atoms with E-state index in [1.807, 2.05) is 0 Å². The summed E-state index contributed by atoms with van der Waals surface area (Å²) in [4.78, 5) is 2.29. The van der Waals surface area contributed by atoms with Gasteiger partial charge in [0.2, 0.25) is 0 Å². The van der Waals surface area contributed by atoms with Crippen LogP contribution in [-0.2, 0) is 0 Å². The van der Waals surface area contributed by atoms with Crippen molar-refractivity contribution in [2.75, 3.05) is 6.54 Å². The highest BCUT2D eigenvalue weighted by Gasteiger charge is 2.26. The molecule has 0 amide bonds. The number of rotatable bonds is 1. The van der Waals surface area contributed by atoms with Crippen molar-refractivity contribution >= 4 is 19.2 Å². The van der Waals surface area contributed by atoms with E-state index in [1.54, 1.807) is 0 Å². The molecule has 1 aromatic carbocycles. The molecular formula is C15H12BN2. The third-order valence-corrected chi connectivity index (χ3v) is 3.52. The Morgan fingerprint density at radius 3 is 2.78 bits per heavy atom.